The Bertz CT molecular complexity index is 1320. The molecule has 4 nitrogen and oxygen atoms in total. The second-order valence-electron chi connectivity index (χ2n) is 9.55. The van der Waals surface area contributed by atoms with Gasteiger partial charge in [0, 0.05) is 40.3 Å². The van der Waals surface area contributed by atoms with Gasteiger partial charge in [0.15, 0.2) is 0 Å². The average Bonchev–Trinajstić information content (AvgIpc) is 2.87. The highest BCUT2D eigenvalue weighted by Crippen LogP contribution is 2.26. The Kier molecular flexibility index (Phi) is 6.85. The lowest BCUT2D eigenvalue weighted by molar-refractivity contribution is 0.0939. The molecule has 0 aliphatic carbocycles. The van der Waals surface area contributed by atoms with Gasteiger partial charge in [-0.2, -0.15) is 0 Å². The van der Waals surface area contributed by atoms with Gasteiger partial charge in [0.1, 0.15) is 0 Å². The zero-order valence-electron chi connectivity index (χ0n) is 20.2. The molecule has 1 N–H and O–H groups in total. The number of carbonyl (C=O) groups is 1. The molecule has 1 aliphatic rings. The summed E-state index contributed by atoms with van der Waals surface area (Å²) in [6.07, 6.45) is 3.82. The fraction of sp³-hybridized carbons (Fsp3) is 0.267. The number of nitrogens with one attached hydrogen (secondary N) is 1. The summed E-state index contributed by atoms with van der Waals surface area (Å²) in [7, 11) is 0. The number of aromatic nitrogens is 1. The first-order valence-electron chi connectivity index (χ1n) is 12.3. The molecule has 178 valence electrons. The fourth-order valence-corrected chi connectivity index (χ4v) is 5.09. The maximum atomic E-state index is 12.8. The molecule has 0 saturated carbocycles. The SMILES string of the molecule is CC1CCCC(C)N1Cc1ccc2cc(NC(=O)c3ccc(-c4ccc(Cl)cc4)cc3)ccc2n1. The van der Waals surface area contributed by atoms with Crippen LogP contribution in [-0.4, -0.2) is 27.9 Å². The molecule has 1 fully saturated rings. The Labute approximate surface area is 212 Å². The maximum absolute atomic E-state index is 12.8. The van der Waals surface area contributed by atoms with Crippen LogP contribution in [0.3, 0.4) is 0 Å². The molecular formula is C30H30ClN3O. The van der Waals surface area contributed by atoms with E-state index in [1.807, 2.05) is 66.7 Å². The summed E-state index contributed by atoms with van der Waals surface area (Å²) < 4.78 is 0. The predicted octanol–water partition coefficient (Wildman–Crippen LogP) is 7.57. The molecule has 4 aromatic rings. The number of anilines is 1. The van der Waals surface area contributed by atoms with Gasteiger partial charge in [-0.15, -0.1) is 0 Å². The van der Waals surface area contributed by atoms with Crippen LogP contribution in [0, 0.1) is 0 Å². The number of hydrogen-bond donors (Lipinski definition) is 1. The van der Waals surface area contributed by atoms with E-state index in [4.69, 9.17) is 16.6 Å². The second kappa shape index (κ2) is 10.2. The highest BCUT2D eigenvalue weighted by molar-refractivity contribution is 6.30. The molecule has 1 aromatic heterocycles. The van der Waals surface area contributed by atoms with Gasteiger partial charge in [-0.25, -0.2) is 0 Å². The normalized spacial score (nSPS) is 18.5. The molecule has 0 bridgehead atoms. The summed E-state index contributed by atoms with van der Waals surface area (Å²) in [5, 5.41) is 4.74. The van der Waals surface area contributed by atoms with Crippen molar-refractivity contribution in [3.8, 4) is 11.1 Å². The van der Waals surface area contributed by atoms with Crippen molar-refractivity contribution in [2.24, 2.45) is 0 Å². The summed E-state index contributed by atoms with van der Waals surface area (Å²) in [6.45, 7) is 5.51. The highest BCUT2D eigenvalue weighted by Gasteiger charge is 2.24. The van der Waals surface area contributed by atoms with Crippen LogP contribution in [0.2, 0.25) is 5.02 Å². The van der Waals surface area contributed by atoms with E-state index in [2.05, 4.69) is 36.2 Å². The Balaban J connectivity index is 1.27. The molecule has 35 heavy (non-hydrogen) atoms. The highest BCUT2D eigenvalue weighted by atomic mass is 35.5. The van der Waals surface area contributed by atoms with Crippen LogP contribution in [0.25, 0.3) is 22.0 Å². The lowest BCUT2D eigenvalue weighted by atomic mass is 9.97. The summed E-state index contributed by atoms with van der Waals surface area (Å²) in [4.78, 5) is 20.3. The third kappa shape index (κ3) is 5.39. The molecule has 2 unspecified atom stereocenters. The van der Waals surface area contributed by atoms with E-state index in [1.165, 1.54) is 19.3 Å². The van der Waals surface area contributed by atoms with Gasteiger partial charge in [-0.05, 0) is 86.3 Å². The number of piperidine rings is 1. The van der Waals surface area contributed by atoms with Crippen molar-refractivity contribution < 1.29 is 4.79 Å². The zero-order valence-corrected chi connectivity index (χ0v) is 20.9. The van der Waals surface area contributed by atoms with Crippen molar-refractivity contribution in [3.05, 3.63) is 95.1 Å². The molecule has 1 aliphatic heterocycles. The smallest absolute Gasteiger partial charge is 0.255 e. The number of benzene rings is 3. The van der Waals surface area contributed by atoms with Crippen LogP contribution in [-0.2, 0) is 6.54 Å². The number of carbonyl (C=O) groups excluding carboxylic acids is 1. The quantitative estimate of drug-likeness (QED) is 0.318. The van der Waals surface area contributed by atoms with Crippen molar-refractivity contribution in [1.82, 2.24) is 9.88 Å². The minimum Gasteiger partial charge on any atom is -0.322 e. The van der Waals surface area contributed by atoms with E-state index in [-0.39, 0.29) is 5.91 Å². The van der Waals surface area contributed by atoms with Crippen LogP contribution < -0.4 is 5.32 Å². The number of likely N-dealkylation sites (tertiary alicyclic amines) is 1. The summed E-state index contributed by atoms with van der Waals surface area (Å²) in [6, 6.07) is 26.6. The van der Waals surface area contributed by atoms with E-state index < -0.39 is 0 Å². The number of amides is 1. The minimum absolute atomic E-state index is 0.135. The fourth-order valence-electron chi connectivity index (χ4n) is 4.97. The molecule has 2 heterocycles. The molecule has 5 rings (SSSR count). The summed E-state index contributed by atoms with van der Waals surface area (Å²) in [5.41, 5.74) is 5.52. The molecule has 1 saturated heterocycles. The van der Waals surface area contributed by atoms with Gasteiger partial charge in [0.2, 0.25) is 0 Å². The minimum atomic E-state index is -0.135. The predicted molar refractivity (Wildman–Crippen MR) is 145 cm³/mol. The molecule has 0 spiro atoms. The van der Waals surface area contributed by atoms with Crippen molar-refractivity contribution in [2.75, 3.05) is 5.32 Å². The van der Waals surface area contributed by atoms with E-state index in [0.29, 0.717) is 22.7 Å². The number of hydrogen-bond acceptors (Lipinski definition) is 3. The van der Waals surface area contributed by atoms with Crippen LogP contribution in [0.5, 0.6) is 0 Å². The van der Waals surface area contributed by atoms with Crippen LogP contribution in [0.15, 0.2) is 78.9 Å². The lowest BCUT2D eigenvalue weighted by Crippen LogP contribution is -2.43. The van der Waals surface area contributed by atoms with Crippen LogP contribution in [0.1, 0.15) is 49.2 Å². The number of rotatable bonds is 5. The Morgan fingerprint density at radius 2 is 1.57 bits per heavy atom. The topological polar surface area (TPSA) is 45.2 Å². The Morgan fingerprint density at radius 3 is 2.26 bits per heavy atom. The van der Waals surface area contributed by atoms with Gasteiger partial charge in [0.05, 0.1) is 11.2 Å². The van der Waals surface area contributed by atoms with Crippen LogP contribution in [0.4, 0.5) is 5.69 Å². The third-order valence-corrected chi connectivity index (χ3v) is 7.30. The van der Waals surface area contributed by atoms with Gasteiger partial charge in [-0.3, -0.25) is 14.7 Å². The standard InChI is InChI=1S/C30H30ClN3O/c1-20-4-3-5-21(2)34(20)19-28-15-12-25-18-27(16-17-29(25)32-28)33-30(35)24-8-6-22(7-9-24)23-10-13-26(31)14-11-23/h6-18,20-21H,3-5,19H2,1-2H3,(H,33,35). The van der Waals surface area contributed by atoms with Crippen molar-refractivity contribution in [2.45, 2.75) is 51.7 Å². The summed E-state index contributed by atoms with van der Waals surface area (Å²) in [5.74, 6) is -0.135. The van der Waals surface area contributed by atoms with Gasteiger partial charge >= 0.3 is 0 Å². The van der Waals surface area contributed by atoms with Gasteiger partial charge < -0.3 is 5.32 Å². The van der Waals surface area contributed by atoms with Crippen molar-refractivity contribution in [3.63, 3.8) is 0 Å². The number of halogens is 1. The number of nitrogens with zero attached hydrogens (tertiary/aromatic N) is 2. The molecule has 1 amide bonds. The molecule has 3 aromatic carbocycles. The first kappa shape index (κ1) is 23.5. The number of pyridine rings is 1. The van der Waals surface area contributed by atoms with E-state index in [9.17, 15) is 4.79 Å². The van der Waals surface area contributed by atoms with Crippen molar-refractivity contribution in [1.29, 1.82) is 0 Å². The van der Waals surface area contributed by atoms with Crippen molar-refractivity contribution >= 4 is 34.1 Å². The van der Waals surface area contributed by atoms with E-state index >= 15 is 0 Å². The Morgan fingerprint density at radius 1 is 0.914 bits per heavy atom. The second-order valence-corrected chi connectivity index (χ2v) is 9.99. The number of fused-ring (bicyclic) bond motifs is 1. The lowest BCUT2D eigenvalue weighted by Gasteiger charge is -2.38. The largest absolute Gasteiger partial charge is 0.322 e. The molecule has 0 radical (unpaired) electrons. The Hall–Kier alpha value is -3.21. The summed E-state index contributed by atoms with van der Waals surface area (Å²) >= 11 is 5.98. The van der Waals surface area contributed by atoms with E-state index in [1.54, 1.807) is 0 Å². The van der Waals surface area contributed by atoms with Crippen LogP contribution >= 0.6 is 11.6 Å². The monoisotopic (exact) mass is 483 g/mol. The van der Waals surface area contributed by atoms with Gasteiger partial charge in [-0.1, -0.05) is 48.4 Å². The third-order valence-electron chi connectivity index (χ3n) is 7.05. The molecular weight excluding hydrogens is 454 g/mol. The molecule has 2 atom stereocenters. The molecule has 5 heteroatoms. The first-order valence-corrected chi connectivity index (χ1v) is 12.7. The van der Waals surface area contributed by atoms with Gasteiger partial charge in [0.25, 0.3) is 5.91 Å². The van der Waals surface area contributed by atoms with E-state index in [0.717, 1.165) is 40.0 Å². The average molecular weight is 484 g/mol. The maximum Gasteiger partial charge on any atom is 0.255 e. The zero-order chi connectivity index (χ0) is 24.4. The first-order chi connectivity index (χ1) is 17.0.